The molecule has 2 aromatic heterocycles. The Hall–Kier alpha value is -1.09. The second-order valence-corrected chi connectivity index (χ2v) is 3.61. The molecule has 0 N–H and O–H groups in total. The molecule has 13 heavy (non-hydrogen) atoms. The van der Waals surface area contributed by atoms with Crippen LogP contribution in [0.4, 0.5) is 0 Å². The second kappa shape index (κ2) is 3.00. The lowest BCUT2D eigenvalue weighted by atomic mass is 10.4. The minimum atomic E-state index is 0.380. The van der Waals surface area contributed by atoms with Crippen molar-refractivity contribution in [1.82, 2.24) is 14.5 Å². The summed E-state index contributed by atoms with van der Waals surface area (Å²) in [6, 6.07) is 2.32. The van der Waals surface area contributed by atoms with E-state index in [0.717, 1.165) is 11.2 Å². The molecular weight excluding hydrogens is 186 g/mol. The fourth-order valence-corrected chi connectivity index (χ4v) is 1.44. The van der Waals surface area contributed by atoms with Crippen LogP contribution < -0.4 is 0 Å². The molecule has 2 rings (SSSR count). The largest absolute Gasteiger partial charge is 0.329 e. The summed E-state index contributed by atoms with van der Waals surface area (Å²) >= 11 is 5.77. The molecule has 0 aliphatic heterocycles. The van der Waals surface area contributed by atoms with Gasteiger partial charge >= 0.3 is 0 Å². The van der Waals surface area contributed by atoms with Crippen molar-refractivity contribution < 1.29 is 0 Å². The average Bonchev–Trinajstić information content (AvgIpc) is 2.46. The number of nitrogens with zero attached hydrogens (tertiary/aromatic N) is 3. The van der Waals surface area contributed by atoms with Gasteiger partial charge in [-0.15, -0.1) is 0 Å². The molecule has 0 bridgehead atoms. The Balaban J connectivity index is 2.71. The van der Waals surface area contributed by atoms with Crippen LogP contribution in [0.2, 0.25) is 5.15 Å². The number of fused-ring (bicyclic) bond motifs is 1. The smallest absolute Gasteiger partial charge is 0.160 e. The third-order valence-electron chi connectivity index (χ3n) is 1.95. The van der Waals surface area contributed by atoms with Gasteiger partial charge in [0.05, 0.1) is 6.20 Å². The maximum atomic E-state index is 5.77. The lowest BCUT2D eigenvalue weighted by molar-refractivity contribution is 0.618. The Morgan fingerprint density at radius 3 is 2.92 bits per heavy atom. The summed E-state index contributed by atoms with van der Waals surface area (Å²) in [5.41, 5.74) is 1.74. The van der Waals surface area contributed by atoms with E-state index in [0.29, 0.717) is 11.2 Å². The summed E-state index contributed by atoms with van der Waals surface area (Å²) in [5, 5.41) is 0.438. The predicted molar refractivity (Wildman–Crippen MR) is 52.9 cm³/mol. The molecule has 0 saturated carbocycles. The summed E-state index contributed by atoms with van der Waals surface area (Å²) in [6.45, 7) is 4.20. The number of hydrogen-bond acceptors (Lipinski definition) is 2. The van der Waals surface area contributed by atoms with Crippen LogP contribution in [-0.4, -0.2) is 14.5 Å². The van der Waals surface area contributed by atoms with E-state index in [2.05, 4.69) is 23.8 Å². The van der Waals surface area contributed by atoms with Gasteiger partial charge in [-0.1, -0.05) is 11.6 Å². The van der Waals surface area contributed by atoms with E-state index in [-0.39, 0.29) is 0 Å². The molecule has 0 saturated heterocycles. The third kappa shape index (κ3) is 1.40. The number of rotatable bonds is 1. The molecule has 0 aliphatic rings. The van der Waals surface area contributed by atoms with Crippen molar-refractivity contribution in [3.05, 3.63) is 23.6 Å². The normalized spacial score (nSPS) is 11.4. The molecule has 0 fully saturated rings. The second-order valence-electron chi connectivity index (χ2n) is 3.22. The Morgan fingerprint density at radius 2 is 2.23 bits per heavy atom. The van der Waals surface area contributed by atoms with Gasteiger partial charge in [-0.25, -0.2) is 9.97 Å². The molecule has 0 aliphatic carbocycles. The fourth-order valence-electron chi connectivity index (χ4n) is 1.31. The molecule has 0 unspecified atom stereocenters. The van der Waals surface area contributed by atoms with Crippen molar-refractivity contribution in [2.45, 2.75) is 19.9 Å². The van der Waals surface area contributed by atoms with Gasteiger partial charge in [-0.05, 0) is 19.9 Å². The first kappa shape index (κ1) is 8.51. The van der Waals surface area contributed by atoms with Crippen molar-refractivity contribution in [2.24, 2.45) is 0 Å². The van der Waals surface area contributed by atoms with Crippen LogP contribution in [0.1, 0.15) is 19.9 Å². The Bertz CT molecular complexity index is 433. The highest BCUT2D eigenvalue weighted by Gasteiger charge is 2.06. The van der Waals surface area contributed by atoms with Gasteiger partial charge in [-0.2, -0.15) is 0 Å². The molecule has 2 heterocycles. The van der Waals surface area contributed by atoms with E-state index in [1.54, 1.807) is 6.20 Å². The summed E-state index contributed by atoms with van der Waals surface area (Å²) in [6.07, 6.45) is 3.54. The molecule has 4 heteroatoms. The minimum Gasteiger partial charge on any atom is -0.329 e. The Labute approximate surface area is 81.4 Å². The van der Waals surface area contributed by atoms with E-state index in [1.165, 1.54) is 0 Å². The molecule has 0 amide bonds. The maximum absolute atomic E-state index is 5.77. The summed E-state index contributed by atoms with van der Waals surface area (Å²) in [5.74, 6) is 0. The molecule has 2 aromatic rings. The summed E-state index contributed by atoms with van der Waals surface area (Å²) in [7, 11) is 0. The van der Waals surface area contributed by atoms with E-state index < -0.39 is 0 Å². The lowest BCUT2D eigenvalue weighted by Crippen LogP contribution is -1.99. The van der Waals surface area contributed by atoms with Crippen molar-refractivity contribution in [1.29, 1.82) is 0 Å². The van der Waals surface area contributed by atoms with Gasteiger partial charge in [0.25, 0.3) is 0 Å². The first-order valence-corrected chi connectivity index (χ1v) is 4.55. The number of aromatic nitrogens is 3. The van der Waals surface area contributed by atoms with Gasteiger partial charge in [0.2, 0.25) is 0 Å². The maximum Gasteiger partial charge on any atom is 0.160 e. The van der Waals surface area contributed by atoms with E-state index in [1.807, 2.05) is 16.8 Å². The van der Waals surface area contributed by atoms with Gasteiger partial charge in [0.1, 0.15) is 10.7 Å². The third-order valence-corrected chi connectivity index (χ3v) is 2.13. The van der Waals surface area contributed by atoms with Crippen LogP contribution in [0.5, 0.6) is 0 Å². The summed E-state index contributed by atoms with van der Waals surface area (Å²) < 4.78 is 2.05. The number of halogens is 1. The lowest BCUT2D eigenvalue weighted by Gasteiger charge is -2.07. The highest BCUT2D eigenvalue weighted by Crippen LogP contribution is 2.17. The molecule has 68 valence electrons. The average molecular weight is 196 g/mol. The van der Waals surface area contributed by atoms with E-state index in [4.69, 9.17) is 11.6 Å². The topological polar surface area (TPSA) is 30.7 Å². The zero-order valence-electron chi connectivity index (χ0n) is 7.53. The molecular formula is C9H10ClN3. The molecule has 0 spiro atoms. The van der Waals surface area contributed by atoms with Crippen LogP contribution in [0.3, 0.4) is 0 Å². The monoisotopic (exact) mass is 195 g/mol. The molecule has 0 radical (unpaired) electrons. The van der Waals surface area contributed by atoms with Crippen LogP contribution in [0.25, 0.3) is 11.2 Å². The standard InChI is InChI=1S/C9H10ClN3/c1-6(2)13-4-3-7-9(13)12-8(10)5-11-7/h3-6H,1-2H3. The van der Waals surface area contributed by atoms with Gasteiger partial charge < -0.3 is 4.57 Å². The highest BCUT2D eigenvalue weighted by molar-refractivity contribution is 6.29. The van der Waals surface area contributed by atoms with Crippen molar-refractivity contribution in [3.63, 3.8) is 0 Å². The fraction of sp³-hybridized carbons (Fsp3) is 0.333. The zero-order chi connectivity index (χ0) is 9.42. The Kier molecular flexibility index (Phi) is 1.96. The van der Waals surface area contributed by atoms with Crippen LogP contribution in [0, 0.1) is 0 Å². The van der Waals surface area contributed by atoms with Crippen LogP contribution >= 0.6 is 11.6 Å². The quantitative estimate of drug-likeness (QED) is 0.701. The predicted octanol–water partition coefficient (Wildman–Crippen LogP) is 2.67. The van der Waals surface area contributed by atoms with Crippen molar-refractivity contribution in [2.75, 3.05) is 0 Å². The molecule has 0 aromatic carbocycles. The van der Waals surface area contributed by atoms with Crippen LogP contribution in [0.15, 0.2) is 18.5 Å². The Morgan fingerprint density at radius 1 is 1.46 bits per heavy atom. The number of hydrogen-bond donors (Lipinski definition) is 0. The van der Waals surface area contributed by atoms with Crippen LogP contribution in [-0.2, 0) is 0 Å². The minimum absolute atomic E-state index is 0.380. The van der Waals surface area contributed by atoms with Gasteiger partial charge in [0, 0.05) is 12.2 Å². The van der Waals surface area contributed by atoms with Crippen molar-refractivity contribution >= 4 is 22.8 Å². The van der Waals surface area contributed by atoms with E-state index >= 15 is 0 Å². The van der Waals surface area contributed by atoms with Gasteiger partial charge in [0.15, 0.2) is 5.65 Å². The highest BCUT2D eigenvalue weighted by atomic mass is 35.5. The summed E-state index contributed by atoms with van der Waals surface area (Å²) in [4.78, 5) is 8.39. The SMILES string of the molecule is CC(C)n1ccc2ncc(Cl)nc21. The first-order valence-electron chi connectivity index (χ1n) is 4.17. The molecule has 0 atom stereocenters. The van der Waals surface area contributed by atoms with Gasteiger partial charge in [-0.3, -0.25) is 0 Å². The van der Waals surface area contributed by atoms with E-state index in [9.17, 15) is 0 Å². The first-order chi connectivity index (χ1) is 6.18. The molecule has 3 nitrogen and oxygen atoms in total. The zero-order valence-corrected chi connectivity index (χ0v) is 8.28. The van der Waals surface area contributed by atoms with Crippen molar-refractivity contribution in [3.8, 4) is 0 Å².